The summed E-state index contributed by atoms with van der Waals surface area (Å²) in [4.78, 5) is 16.5. The smallest absolute Gasteiger partial charge is 0.225 e. The predicted molar refractivity (Wildman–Crippen MR) is 118 cm³/mol. The Labute approximate surface area is 214 Å². The van der Waals surface area contributed by atoms with Crippen LogP contribution in [0.25, 0.3) is 28.3 Å². The fraction of sp³-hybridized carbons (Fsp3) is 0.375. The average Bonchev–Trinajstić information content (AvgIpc) is 3.35. The molecule has 1 amide bonds. The van der Waals surface area contributed by atoms with Crippen LogP contribution < -0.4 is 0 Å². The number of carbonyl (C=O) groups is 1. The minimum absolute atomic E-state index is 0. The minimum Gasteiger partial charge on any atom is -0.693 e. The van der Waals surface area contributed by atoms with E-state index in [1.807, 2.05) is 4.90 Å². The monoisotopic (exact) mass is 684 g/mol. The van der Waals surface area contributed by atoms with Crippen LogP contribution in [0.15, 0.2) is 42.5 Å². The zero-order chi connectivity index (χ0) is 22.0. The molecule has 1 atom stereocenters. The van der Waals surface area contributed by atoms with Crippen molar-refractivity contribution in [2.45, 2.75) is 25.7 Å². The molecular weight excluding hydrogens is 657 g/mol. The molecule has 0 bridgehead atoms. The van der Waals surface area contributed by atoms with Gasteiger partial charge < -0.3 is 21.1 Å². The van der Waals surface area contributed by atoms with Crippen LogP contribution in [0.2, 0.25) is 0 Å². The Kier molecular flexibility index (Phi) is 10.0. The third kappa shape index (κ3) is 6.42. The number of halogens is 3. The van der Waals surface area contributed by atoms with Crippen LogP contribution in [0.1, 0.15) is 25.7 Å². The van der Waals surface area contributed by atoms with E-state index < -0.39 is 11.6 Å². The molecule has 3 aromatic rings. The zero-order valence-corrected chi connectivity index (χ0v) is 22.3. The maximum Gasteiger partial charge on any atom is 0.225 e. The second-order valence-electron chi connectivity index (χ2n) is 8.29. The normalized spacial score (nSPS) is 17.5. The standard InChI is InChI=1S/C14H8F3N.C10H17NO2.H2N.U/c15-10-3-1-8(2-4-10)13-6-9-5-11(16)7-12(17)14(9)18-13;12-7-8-4-5-11(6-8)10(13)9-2-1-3-9;;/h1-7,18H;8-9,12H,1-7H2;1H2;/q;;-1;/t;8-;;/m.1../s1. The van der Waals surface area contributed by atoms with Crippen molar-refractivity contribution in [3.63, 3.8) is 0 Å². The molecule has 0 radical (unpaired) electrons. The van der Waals surface area contributed by atoms with Crippen LogP contribution in [0.3, 0.4) is 0 Å². The van der Waals surface area contributed by atoms with E-state index in [0.29, 0.717) is 34.4 Å². The second kappa shape index (κ2) is 12.1. The quantitative estimate of drug-likeness (QED) is 0.377. The van der Waals surface area contributed by atoms with Gasteiger partial charge in [-0.2, -0.15) is 0 Å². The zero-order valence-electron chi connectivity index (χ0n) is 18.2. The Balaban J connectivity index is 0.000000230. The molecule has 9 heteroatoms. The predicted octanol–water partition coefficient (Wildman–Crippen LogP) is 5.60. The fourth-order valence-corrected chi connectivity index (χ4v) is 4.05. The number of likely N-dealkylation sites (tertiary alicyclic amines) is 1. The van der Waals surface area contributed by atoms with Gasteiger partial charge in [-0.1, -0.05) is 6.42 Å². The van der Waals surface area contributed by atoms with Gasteiger partial charge in [0.2, 0.25) is 5.91 Å². The summed E-state index contributed by atoms with van der Waals surface area (Å²) in [5, 5.41) is 9.39. The number of aromatic amines is 1. The summed E-state index contributed by atoms with van der Waals surface area (Å²) in [5.41, 5.74) is 1.58. The van der Waals surface area contributed by atoms with Crippen molar-refractivity contribution >= 4 is 16.8 Å². The van der Waals surface area contributed by atoms with E-state index in [4.69, 9.17) is 5.11 Å². The summed E-state index contributed by atoms with van der Waals surface area (Å²) >= 11 is 0. The molecule has 2 aliphatic rings. The number of nitrogens with two attached hydrogens (primary N) is 1. The molecule has 2 aromatic carbocycles. The molecule has 1 aliphatic carbocycles. The molecular formula is C24H27F3N3O2U-. The van der Waals surface area contributed by atoms with Crippen molar-refractivity contribution < 1.29 is 54.2 Å². The van der Waals surface area contributed by atoms with Crippen molar-refractivity contribution in [3.05, 3.63) is 66.1 Å². The van der Waals surface area contributed by atoms with Gasteiger partial charge in [0, 0.05) is 79.8 Å². The van der Waals surface area contributed by atoms with Gasteiger partial charge in [0.1, 0.15) is 17.5 Å². The number of amides is 1. The number of hydrogen-bond acceptors (Lipinski definition) is 2. The third-order valence-electron chi connectivity index (χ3n) is 6.11. The first-order chi connectivity index (χ1) is 14.9. The van der Waals surface area contributed by atoms with Crippen molar-refractivity contribution in [2.24, 2.45) is 11.8 Å². The molecule has 1 saturated heterocycles. The number of nitrogens with one attached hydrogen (secondary N) is 1. The summed E-state index contributed by atoms with van der Waals surface area (Å²) in [7, 11) is 0. The molecule has 1 saturated carbocycles. The van der Waals surface area contributed by atoms with E-state index >= 15 is 0 Å². The van der Waals surface area contributed by atoms with E-state index in [1.165, 1.54) is 24.6 Å². The average molecular weight is 685 g/mol. The minimum atomic E-state index is -0.640. The van der Waals surface area contributed by atoms with Crippen molar-refractivity contribution in [2.75, 3.05) is 19.7 Å². The van der Waals surface area contributed by atoms with Crippen LogP contribution in [-0.4, -0.2) is 40.6 Å². The number of carbonyl (C=O) groups excluding carboxylic acids is 1. The van der Waals surface area contributed by atoms with Gasteiger partial charge in [-0.15, -0.1) is 0 Å². The fourth-order valence-electron chi connectivity index (χ4n) is 4.05. The first-order valence-corrected chi connectivity index (χ1v) is 10.6. The largest absolute Gasteiger partial charge is 0.693 e. The van der Waals surface area contributed by atoms with Gasteiger partial charge in [-0.25, -0.2) is 13.2 Å². The molecule has 176 valence electrons. The summed E-state index contributed by atoms with van der Waals surface area (Å²) in [6.45, 7) is 1.88. The van der Waals surface area contributed by atoms with E-state index in [9.17, 15) is 18.0 Å². The number of aliphatic hydroxyl groups excluding tert-OH is 1. The third-order valence-corrected chi connectivity index (χ3v) is 6.11. The maximum atomic E-state index is 13.5. The Hall–Kier alpha value is -1.79. The molecule has 4 N–H and O–H groups in total. The van der Waals surface area contributed by atoms with E-state index in [1.54, 1.807) is 18.2 Å². The van der Waals surface area contributed by atoms with E-state index in [-0.39, 0.29) is 55.2 Å². The Bertz CT molecular complexity index is 1070. The number of fused-ring (bicyclic) bond motifs is 1. The molecule has 1 aliphatic heterocycles. The Morgan fingerprint density at radius 1 is 1.03 bits per heavy atom. The number of H-pyrrole nitrogens is 1. The van der Waals surface area contributed by atoms with Crippen LogP contribution in [0.4, 0.5) is 13.2 Å². The summed E-state index contributed by atoms with van der Waals surface area (Å²) in [5.74, 6) is -0.612. The van der Waals surface area contributed by atoms with E-state index in [0.717, 1.165) is 38.4 Å². The summed E-state index contributed by atoms with van der Waals surface area (Å²) in [6.07, 6.45) is 4.36. The number of nitrogens with zero attached hydrogens (tertiary/aromatic N) is 1. The Morgan fingerprint density at radius 3 is 2.30 bits per heavy atom. The van der Waals surface area contributed by atoms with Gasteiger partial charge in [0.25, 0.3) is 0 Å². The van der Waals surface area contributed by atoms with Crippen LogP contribution in [0, 0.1) is 60.4 Å². The van der Waals surface area contributed by atoms with Crippen molar-refractivity contribution in [1.29, 1.82) is 0 Å². The second-order valence-corrected chi connectivity index (χ2v) is 8.29. The molecule has 0 unspecified atom stereocenters. The molecule has 0 spiro atoms. The number of aliphatic hydroxyl groups is 1. The van der Waals surface area contributed by atoms with Gasteiger partial charge >= 0.3 is 0 Å². The molecule has 2 fully saturated rings. The molecule has 33 heavy (non-hydrogen) atoms. The van der Waals surface area contributed by atoms with Gasteiger partial charge in [0.15, 0.2) is 0 Å². The molecule has 1 aromatic heterocycles. The first-order valence-electron chi connectivity index (χ1n) is 10.6. The van der Waals surface area contributed by atoms with Crippen molar-refractivity contribution in [3.8, 4) is 11.3 Å². The Morgan fingerprint density at radius 2 is 1.73 bits per heavy atom. The molecule has 5 rings (SSSR count). The van der Waals surface area contributed by atoms with Gasteiger partial charge in [-0.05, 0) is 61.2 Å². The van der Waals surface area contributed by atoms with E-state index in [2.05, 4.69) is 4.98 Å². The van der Waals surface area contributed by atoms with Crippen LogP contribution >= 0.6 is 0 Å². The van der Waals surface area contributed by atoms with Crippen molar-refractivity contribution in [1.82, 2.24) is 9.88 Å². The number of aromatic nitrogens is 1. The summed E-state index contributed by atoms with van der Waals surface area (Å²) in [6, 6.07) is 9.50. The molecule has 2 heterocycles. The SMILES string of the molecule is Fc1ccc(-c2cc3cc(F)cc(F)c3[nH]2)cc1.O=C(C1CCC1)N1CC[C@@H](CO)C1.[NH2-].[U]. The van der Waals surface area contributed by atoms with Crippen LogP contribution in [0.5, 0.6) is 0 Å². The molecule has 5 nitrogen and oxygen atoms in total. The van der Waals surface area contributed by atoms with Crippen LogP contribution in [-0.2, 0) is 4.79 Å². The number of hydrogen-bond donors (Lipinski definition) is 2. The maximum absolute atomic E-state index is 13.5. The van der Waals surface area contributed by atoms with Gasteiger partial charge in [-0.3, -0.25) is 4.79 Å². The first kappa shape index (κ1) is 27.5. The topological polar surface area (TPSA) is 89.8 Å². The number of rotatable bonds is 3. The van der Waals surface area contributed by atoms with Gasteiger partial charge in [0.05, 0.1) is 5.52 Å². The summed E-state index contributed by atoms with van der Waals surface area (Å²) < 4.78 is 39.4. The number of benzene rings is 2.